The Morgan fingerprint density at radius 2 is 0.831 bits per heavy atom. The zero-order valence-corrected chi connectivity index (χ0v) is 48.6. The van der Waals surface area contributed by atoms with Gasteiger partial charge in [-0.3, -0.25) is 14.2 Å². The molecule has 0 heterocycles. The number of ether oxygens (including phenoxy) is 1. The van der Waals surface area contributed by atoms with E-state index in [4.69, 9.17) is 13.8 Å². The number of amides is 1. The van der Waals surface area contributed by atoms with Gasteiger partial charge in [-0.15, -0.1) is 0 Å². The van der Waals surface area contributed by atoms with Crippen LogP contribution in [0.15, 0.2) is 36.5 Å². The second kappa shape index (κ2) is 51.7. The molecule has 71 heavy (non-hydrogen) atoms. The maximum Gasteiger partial charge on any atom is 0.306 e. The van der Waals surface area contributed by atoms with E-state index in [-0.39, 0.29) is 31.5 Å². The van der Waals surface area contributed by atoms with Crippen molar-refractivity contribution in [2.75, 3.05) is 40.9 Å². The van der Waals surface area contributed by atoms with Crippen molar-refractivity contribution in [1.29, 1.82) is 0 Å². The highest BCUT2D eigenvalue weighted by atomic mass is 31.2. The maximum atomic E-state index is 13.5. The van der Waals surface area contributed by atoms with E-state index in [1.807, 2.05) is 33.3 Å². The normalized spacial score (nSPS) is 14.0. The Morgan fingerprint density at radius 1 is 0.479 bits per heavy atom. The first-order chi connectivity index (χ1) is 34.4. The average molecular weight is 1020 g/mol. The fraction of sp³-hybridized carbons (Fsp3) is 0.869. The fourth-order valence-corrected chi connectivity index (χ4v) is 9.52. The van der Waals surface area contributed by atoms with Gasteiger partial charge in [0.1, 0.15) is 19.3 Å². The molecule has 0 saturated carbocycles. The lowest BCUT2D eigenvalue weighted by Gasteiger charge is -2.30. The Bertz CT molecular complexity index is 1310. The topological polar surface area (TPSA) is 114 Å². The molecule has 10 heteroatoms. The number of phosphoric acid groups is 1. The lowest BCUT2D eigenvalue weighted by Crippen LogP contribution is -2.47. The average Bonchev–Trinajstić information content (AvgIpc) is 3.33. The standard InChI is InChI=1S/C61H117N2O7P/c1-7-10-13-16-19-22-25-27-28-29-30-31-32-33-34-36-39-42-45-48-51-54-61(65)70-59(52-49-46-43-40-38-35-26-23-20-17-14-11-8-2)58(57-69-71(66,67)68-56-55-63(4,5)6)62-60(64)53-50-47-44-41-37-24-21-18-15-12-9-3/h18,21,27-28,49,52,58-59H,7-17,19-20,22-26,29-48,50-51,53-57H2,1-6H3,(H-,62,64,66,67)/b21-18-,28-27+,52-49-. The molecule has 0 aliphatic rings. The molecule has 418 valence electrons. The molecule has 0 spiro atoms. The van der Waals surface area contributed by atoms with Crippen LogP contribution in [0.2, 0.25) is 0 Å². The lowest BCUT2D eigenvalue weighted by molar-refractivity contribution is -0.870. The molecule has 9 nitrogen and oxygen atoms in total. The Labute approximate surface area is 440 Å². The van der Waals surface area contributed by atoms with Crippen molar-refractivity contribution in [3.05, 3.63) is 36.5 Å². The van der Waals surface area contributed by atoms with Gasteiger partial charge >= 0.3 is 5.97 Å². The van der Waals surface area contributed by atoms with Gasteiger partial charge in [0.05, 0.1) is 33.8 Å². The quantitative estimate of drug-likeness (QED) is 0.0212. The number of phosphoric ester groups is 1. The summed E-state index contributed by atoms with van der Waals surface area (Å²) in [6.07, 6.45) is 61.1. The second-order valence-corrected chi connectivity index (χ2v) is 23.3. The summed E-state index contributed by atoms with van der Waals surface area (Å²) in [6.45, 7) is 6.81. The maximum absolute atomic E-state index is 13.5. The number of allylic oxidation sites excluding steroid dienone is 5. The third-order valence-corrected chi connectivity index (χ3v) is 14.5. The first-order valence-corrected chi connectivity index (χ1v) is 31.8. The number of quaternary nitrogens is 1. The van der Waals surface area contributed by atoms with Crippen molar-refractivity contribution in [3.63, 3.8) is 0 Å². The molecule has 3 atom stereocenters. The van der Waals surface area contributed by atoms with Crippen LogP contribution in [0.3, 0.4) is 0 Å². The van der Waals surface area contributed by atoms with Crippen LogP contribution in [0.4, 0.5) is 0 Å². The Kier molecular flexibility index (Phi) is 50.4. The Morgan fingerprint density at radius 3 is 1.24 bits per heavy atom. The van der Waals surface area contributed by atoms with Crippen molar-refractivity contribution in [2.45, 2.75) is 303 Å². The Hall–Kier alpha value is -1.77. The summed E-state index contributed by atoms with van der Waals surface area (Å²) in [5.41, 5.74) is 0. The van der Waals surface area contributed by atoms with Crippen LogP contribution in [0.5, 0.6) is 0 Å². The summed E-state index contributed by atoms with van der Waals surface area (Å²) in [6, 6.07) is -0.889. The van der Waals surface area contributed by atoms with Crippen molar-refractivity contribution >= 4 is 19.7 Å². The highest BCUT2D eigenvalue weighted by Crippen LogP contribution is 2.38. The SMILES string of the molecule is CCCC/C=C\CCCCCCCC(=O)NC(COP(=O)([O-])OCC[N+](C)(C)C)C(/C=C\CCCCCCCCCCCCC)OC(=O)CCCCCCCCCCCCC/C=C/CCCCCCCC. The number of carbonyl (C=O) groups is 2. The molecule has 0 aliphatic carbocycles. The number of hydrogen-bond acceptors (Lipinski definition) is 7. The van der Waals surface area contributed by atoms with E-state index in [1.165, 1.54) is 173 Å². The molecule has 1 N–H and O–H groups in total. The minimum atomic E-state index is -4.69. The first kappa shape index (κ1) is 69.2. The van der Waals surface area contributed by atoms with Crippen LogP contribution in [0.25, 0.3) is 0 Å². The van der Waals surface area contributed by atoms with Gasteiger partial charge in [0.15, 0.2) is 0 Å². The number of carbonyl (C=O) groups excluding carboxylic acids is 2. The summed E-state index contributed by atoms with van der Waals surface area (Å²) < 4.78 is 30.3. The number of likely N-dealkylation sites (N-methyl/N-ethyl adjacent to an activating group) is 1. The molecule has 1 amide bonds. The van der Waals surface area contributed by atoms with E-state index in [1.54, 1.807) is 0 Å². The van der Waals surface area contributed by atoms with E-state index in [0.717, 1.165) is 83.5 Å². The minimum Gasteiger partial charge on any atom is -0.756 e. The third-order valence-electron chi connectivity index (χ3n) is 13.5. The van der Waals surface area contributed by atoms with Crippen LogP contribution in [-0.2, 0) is 27.9 Å². The zero-order chi connectivity index (χ0) is 52.2. The molecule has 0 bridgehead atoms. The van der Waals surface area contributed by atoms with Crippen molar-refractivity contribution in [2.24, 2.45) is 0 Å². The van der Waals surface area contributed by atoms with Gasteiger partial charge in [-0.25, -0.2) is 0 Å². The number of nitrogens with one attached hydrogen (secondary N) is 1. The van der Waals surface area contributed by atoms with Crippen molar-refractivity contribution < 1.29 is 37.3 Å². The smallest absolute Gasteiger partial charge is 0.306 e. The van der Waals surface area contributed by atoms with Gasteiger partial charge in [0, 0.05) is 12.8 Å². The predicted octanol–water partition coefficient (Wildman–Crippen LogP) is 17.7. The molecular weight excluding hydrogens is 904 g/mol. The molecule has 0 fully saturated rings. The van der Waals surface area contributed by atoms with E-state index < -0.39 is 20.0 Å². The highest BCUT2D eigenvalue weighted by molar-refractivity contribution is 7.45. The van der Waals surface area contributed by atoms with Crippen molar-refractivity contribution in [3.8, 4) is 0 Å². The van der Waals surface area contributed by atoms with Gasteiger partial charge in [-0.1, -0.05) is 237 Å². The van der Waals surface area contributed by atoms with Crippen LogP contribution in [0, 0.1) is 0 Å². The third kappa shape index (κ3) is 52.9. The van der Waals surface area contributed by atoms with Gasteiger partial charge in [-0.05, 0) is 76.7 Å². The van der Waals surface area contributed by atoms with E-state index >= 15 is 0 Å². The number of unbranched alkanes of at least 4 members (excludes halogenated alkanes) is 35. The molecule has 0 saturated heterocycles. The summed E-state index contributed by atoms with van der Waals surface area (Å²) in [4.78, 5) is 39.9. The molecule has 0 aromatic carbocycles. The zero-order valence-electron chi connectivity index (χ0n) is 47.7. The molecule has 0 radical (unpaired) electrons. The van der Waals surface area contributed by atoms with Crippen LogP contribution >= 0.6 is 7.82 Å². The molecule has 0 aromatic rings. The van der Waals surface area contributed by atoms with E-state index in [9.17, 15) is 19.0 Å². The van der Waals surface area contributed by atoms with Gasteiger partial charge in [0.2, 0.25) is 5.91 Å². The number of nitrogens with zero attached hydrogens (tertiary/aromatic N) is 1. The van der Waals surface area contributed by atoms with Crippen molar-refractivity contribution in [1.82, 2.24) is 5.32 Å². The fourth-order valence-electron chi connectivity index (χ4n) is 8.79. The molecular formula is C61H117N2O7P. The van der Waals surface area contributed by atoms with Crippen LogP contribution in [0.1, 0.15) is 290 Å². The van der Waals surface area contributed by atoms with E-state index in [2.05, 4.69) is 50.4 Å². The minimum absolute atomic E-state index is 0.0224. The summed E-state index contributed by atoms with van der Waals surface area (Å²) in [7, 11) is 1.19. The number of hydrogen-bond donors (Lipinski definition) is 1. The van der Waals surface area contributed by atoms with Gasteiger partial charge < -0.3 is 28.5 Å². The van der Waals surface area contributed by atoms with Crippen LogP contribution < -0.4 is 10.2 Å². The number of esters is 1. The molecule has 0 aliphatic heterocycles. The van der Waals surface area contributed by atoms with E-state index in [0.29, 0.717) is 17.4 Å². The predicted molar refractivity (Wildman–Crippen MR) is 303 cm³/mol. The summed E-state index contributed by atoms with van der Waals surface area (Å²) >= 11 is 0. The molecule has 0 aromatic heterocycles. The number of rotatable bonds is 55. The Balaban J connectivity index is 5.20. The highest BCUT2D eigenvalue weighted by Gasteiger charge is 2.27. The van der Waals surface area contributed by atoms with Gasteiger partial charge in [-0.2, -0.15) is 0 Å². The monoisotopic (exact) mass is 1020 g/mol. The first-order valence-electron chi connectivity index (χ1n) is 30.3. The summed E-state index contributed by atoms with van der Waals surface area (Å²) in [5.74, 6) is -0.544. The van der Waals surface area contributed by atoms with Gasteiger partial charge in [0.25, 0.3) is 7.82 Å². The lowest BCUT2D eigenvalue weighted by atomic mass is 10.0. The molecule has 0 rings (SSSR count). The largest absolute Gasteiger partial charge is 0.756 e. The summed E-state index contributed by atoms with van der Waals surface area (Å²) in [5, 5.41) is 3.02. The molecule has 3 unspecified atom stereocenters. The second-order valence-electron chi connectivity index (χ2n) is 21.8. The van der Waals surface area contributed by atoms with Crippen LogP contribution in [-0.4, -0.2) is 69.4 Å².